The molecular weight excluding hydrogens is 307 g/mol. The van der Waals surface area contributed by atoms with Gasteiger partial charge >= 0.3 is 0 Å². The highest BCUT2D eigenvalue weighted by molar-refractivity contribution is 5.84. The number of benzene rings is 2. The zero-order valence-electron chi connectivity index (χ0n) is 13.6. The van der Waals surface area contributed by atoms with Gasteiger partial charge in [0.25, 0.3) is 0 Å². The van der Waals surface area contributed by atoms with Crippen molar-refractivity contribution in [2.45, 2.75) is 38.0 Å². The zero-order chi connectivity index (χ0) is 17.2. The second kappa shape index (κ2) is 6.61. The van der Waals surface area contributed by atoms with Crippen molar-refractivity contribution in [1.82, 2.24) is 5.32 Å². The minimum atomic E-state index is -0.648. The standard InChI is InChI=1S/C19H21FN2O2/c1-19(18(21)23)11-10-17(22-19)13-6-8-15(9-7-13)24-12-14-4-2-3-5-16(14)20/h2-9,17,22H,10-12H2,1H3,(H2,21,23)/t17?,19-/m1/s1. The van der Waals surface area contributed by atoms with E-state index in [-0.39, 0.29) is 24.4 Å². The summed E-state index contributed by atoms with van der Waals surface area (Å²) in [6, 6.07) is 14.3. The van der Waals surface area contributed by atoms with E-state index >= 15 is 0 Å². The molecule has 1 saturated heterocycles. The quantitative estimate of drug-likeness (QED) is 0.886. The minimum Gasteiger partial charge on any atom is -0.489 e. The summed E-state index contributed by atoms with van der Waals surface area (Å²) in [7, 11) is 0. The second-order valence-corrected chi connectivity index (χ2v) is 6.38. The Bertz CT molecular complexity index is 732. The monoisotopic (exact) mass is 328 g/mol. The summed E-state index contributed by atoms with van der Waals surface area (Å²) in [5, 5.41) is 3.30. The lowest BCUT2D eigenvalue weighted by Crippen LogP contribution is -2.49. The zero-order valence-corrected chi connectivity index (χ0v) is 13.6. The Morgan fingerprint density at radius 3 is 2.62 bits per heavy atom. The fraction of sp³-hybridized carbons (Fsp3) is 0.316. The molecule has 1 aliphatic heterocycles. The Kier molecular flexibility index (Phi) is 4.53. The number of nitrogens with one attached hydrogen (secondary N) is 1. The maximum absolute atomic E-state index is 13.6. The topological polar surface area (TPSA) is 64.4 Å². The molecule has 3 N–H and O–H groups in total. The van der Waals surface area contributed by atoms with Gasteiger partial charge in [0.15, 0.2) is 0 Å². The number of ether oxygens (including phenoxy) is 1. The van der Waals surface area contributed by atoms with E-state index in [1.54, 1.807) is 18.2 Å². The predicted molar refractivity (Wildman–Crippen MR) is 89.9 cm³/mol. The largest absolute Gasteiger partial charge is 0.489 e. The van der Waals surface area contributed by atoms with Crippen molar-refractivity contribution < 1.29 is 13.9 Å². The molecule has 1 heterocycles. The van der Waals surface area contributed by atoms with E-state index in [1.807, 2.05) is 31.2 Å². The van der Waals surface area contributed by atoms with Crippen LogP contribution in [0.25, 0.3) is 0 Å². The van der Waals surface area contributed by atoms with Gasteiger partial charge in [-0.05, 0) is 43.5 Å². The molecule has 1 fully saturated rings. The van der Waals surface area contributed by atoms with E-state index in [0.717, 1.165) is 18.4 Å². The van der Waals surface area contributed by atoms with Crippen LogP contribution < -0.4 is 15.8 Å². The average molecular weight is 328 g/mol. The van der Waals surface area contributed by atoms with Gasteiger partial charge in [-0.2, -0.15) is 0 Å². The summed E-state index contributed by atoms with van der Waals surface area (Å²) >= 11 is 0. The molecule has 0 saturated carbocycles. The normalized spacial score (nSPS) is 23.2. The van der Waals surface area contributed by atoms with Crippen molar-refractivity contribution in [3.63, 3.8) is 0 Å². The Morgan fingerprint density at radius 2 is 2.00 bits per heavy atom. The molecular formula is C19H21FN2O2. The van der Waals surface area contributed by atoms with Crippen molar-refractivity contribution in [1.29, 1.82) is 0 Å². The number of hydrogen-bond acceptors (Lipinski definition) is 3. The first-order valence-electron chi connectivity index (χ1n) is 8.02. The molecule has 0 spiro atoms. The van der Waals surface area contributed by atoms with Crippen LogP contribution in [0.3, 0.4) is 0 Å². The molecule has 1 amide bonds. The van der Waals surface area contributed by atoms with Crippen LogP contribution in [0.2, 0.25) is 0 Å². The Hall–Kier alpha value is -2.40. The van der Waals surface area contributed by atoms with E-state index < -0.39 is 5.54 Å². The fourth-order valence-corrected chi connectivity index (χ4v) is 2.98. The van der Waals surface area contributed by atoms with Crippen LogP contribution in [0.1, 0.15) is 36.9 Å². The van der Waals surface area contributed by atoms with Crippen molar-refractivity contribution in [2.24, 2.45) is 5.73 Å². The minimum absolute atomic E-state index is 0.100. The molecule has 24 heavy (non-hydrogen) atoms. The predicted octanol–water partition coefficient (Wildman–Crippen LogP) is 3.07. The van der Waals surface area contributed by atoms with Crippen LogP contribution in [0.5, 0.6) is 5.75 Å². The summed E-state index contributed by atoms with van der Waals surface area (Å²) in [4.78, 5) is 11.5. The molecule has 126 valence electrons. The average Bonchev–Trinajstić information content (AvgIpc) is 2.99. The number of amides is 1. The first kappa shape index (κ1) is 16.5. The molecule has 2 aromatic rings. The van der Waals surface area contributed by atoms with E-state index in [9.17, 15) is 9.18 Å². The van der Waals surface area contributed by atoms with E-state index in [0.29, 0.717) is 11.3 Å². The number of rotatable bonds is 5. The highest BCUT2D eigenvalue weighted by atomic mass is 19.1. The molecule has 1 unspecified atom stereocenters. The highest BCUT2D eigenvalue weighted by Gasteiger charge is 2.39. The molecule has 4 nitrogen and oxygen atoms in total. The van der Waals surface area contributed by atoms with Gasteiger partial charge in [0.05, 0.1) is 5.54 Å². The van der Waals surface area contributed by atoms with E-state index in [1.165, 1.54) is 6.07 Å². The maximum atomic E-state index is 13.6. The van der Waals surface area contributed by atoms with E-state index in [4.69, 9.17) is 10.5 Å². The van der Waals surface area contributed by atoms with Crippen LogP contribution in [0, 0.1) is 5.82 Å². The lowest BCUT2D eigenvalue weighted by Gasteiger charge is -2.22. The maximum Gasteiger partial charge on any atom is 0.237 e. The fourth-order valence-electron chi connectivity index (χ4n) is 2.98. The van der Waals surface area contributed by atoms with Crippen molar-refractivity contribution >= 4 is 5.91 Å². The van der Waals surface area contributed by atoms with Gasteiger partial charge in [-0.15, -0.1) is 0 Å². The number of nitrogens with two attached hydrogens (primary N) is 1. The lowest BCUT2D eigenvalue weighted by atomic mass is 9.99. The van der Waals surface area contributed by atoms with Crippen LogP contribution in [0.4, 0.5) is 4.39 Å². The van der Waals surface area contributed by atoms with Crippen LogP contribution in [-0.2, 0) is 11.4 Å². The van der Waals surface area contributed by atoms with Crippen LogP contribution in [-0.4, -0.2) is 11.4 Å². The smallest absolute Gasteiger partial charge is 0.237 e. The van der Waals surface area contributed by atoms with Crippen molar-refractivity contribution in [3.05, 3.63) is 65.5 Å². The number of halogens is 1. The molecule has 5 heteroatoms. The summed E-state index contributed by atoms with van der Waals surface area (Å²) in [6.07, 6.45) is 1.58. The molecule has 0 aromatic heterocycles. The highest BCUT2D eigenvalue weighted by Crippen LogP contribution is 2.33. The Balaban J connectivity index is 1.62. The summed E-state index contributed by atoms with van der Waals surface area (Å²) in [5.41, 5.74) is 6.41. The van der Waals surface area contributed by atoms with Crippen LogP contribution >= 0.6 is 0 Å². The third kappa shape index (κ3) is 3.41. The molecule has 0 bridgehead atoms. The van der Waals surface area contributed by atoms with Gasteiger partial charge in [0, 0.05) is 11.6 Å². The van der Waals surface area contributed by atoms with Gasteiger partial charge in [-0.3, -0.25) is 10.1 Å². The summed E-state index contributed by atoms with van der Waals surface area (Å²) in [5.74, 6) is 0.0857. The number of carbonyl (C=O) groups excluding carboxylic acids is 1. The van der Waals surface area contributed by atoms with Crippen molar-refractivity contribution in [2.75, 3.05) is 0 Å². The van der Waals surface area contributed by atoms with Gasteiger partial charge in [-0.1, -0.05) is 30.3 Å². The van der Waals surface area contributed by atoms with Gasteiger partial charge < -0.3 is 10.5 Å². The summed E-state index contributed by atoms with van der Waals surface area (Å²) < 4.78 is 19.2. The first-order chi connectivity index (χ1) is 11.5. The molecule has 0 aliphatic carbocycles. The molecule has 0 radical (unpaired) electrons. The molecule has 1 aliphatic rings. The summed E-state index contributed by atoms with van der Waals surface area (Å²) in [6.45, 7) is 2.02. The first-order valence-corrected chi connectivity index (χ1v) is 8.02. The third-order valence-electron chi connectivity index (χ3n) is 4.60. The van der Waals surface area contributed by atoms with Gasteiger partial charge in [0.1, 0.15) is 18.2 Å². The Labute approximate surface area is 140 Å². The SMILES string of the molecule is C[C@]1(C(N)=O)CCC(c2ccc(OCc3ccccc3F)cc2)N1. The van der Waals surface area contributed by atoms with Crippen LogP contribution in [0.15, 0.2) is 48.5 Å². The Morgan fingerprint density at radius 1 is 1.29 bits per heavy atom. The van der Waals surface area contributed by atoms with Gasteiger partial charge in [-0.25, -0.2) is 4.39 Å². The second-order valence-electron chi connectivity index (χ2n) is 6.38. The third-order valence-corrected chi connectivity index (χ3v) is 4.60. The number of carbonyl (C=O) groups is 1. The molecule has 3 rings (SSSR count). The lowest BCUT2D eigenvalue weighted by molar-refractivity contribution is -0.123. The molecule has 2 aromatic carbocycles. The molecule has 2 atom stereocenters. The van der Waals surface area contributed by atoms with Gasteiger partial charge in [0.2, 0.25) is 5.91 Å². The number of primary amides is 1. The number of hydrogen-bond donors (Lipinski definition) is 2. The van der Waals surface area contributed by atoms with Crippen molar-refractivity contribution in [3.8, 4) is 5.75 Å². The van der Waals surface area contributed by atoms with E-state index in [2.05, 4.69) is 5.32 Å².